The Morgan fingerprint density at radius 1 is 0.857 bits per heavy atom. The number of amides is 3. The van der Waals surface area contributed by atoms with Crippen molar-refractivity contribution in [2.75, 3.05) is 28.6 Å². The summed E-state index contributed by atoms with van der Waals surface area (Å²) in [6.45, 7) is 5.98. The molecule has 0 aliphatic heterocycles. The number of anilines is 3. The molecule has 180 valence electrons. The summed E-state index contributed by atoms with van der Waals surface area (Å²) in [4.78, 5) is 39.5. The SMILES string of the molecule is CCN(CC)c1ccc(/C=N/NC(=O)C(=O)Nc2ccccc2C(=O)Nc2ccc(Cl)cc2)cc1. The lowest BCUT2D eigenvalue weighted by Gasteiger charge is -2.20. The predicted octanol–water partition coefficient (Wildman–Crippen LogP) is 4.53. The van der Waals surface area contributed by atoms with E-state index >= 15 is 0 Å². The topological polar surface area (TPSA) is 103 Å². The molecular weight excluding hydrogens is 466 g/mol. The fourth-order valence-electron chi connectivity index (χ4n) is 3.28. The first-order valence-corrected chi connectivity index (χ1v) is 11.4. The Bertz CT molecular complexity index is 1210. The van der Waals surface area contributed by atoms with Gasteiger partial charge in [0, 0.05) is 29.5 Å². The maximum Gasteiger partial charge on any atom is 0.329 e. The second-order valence-corrected chi connectivity index (χ2v) is 7.86. The summed E-state index contributed by atoms with van der Waals surface area (Å²) in [7, 11) is 0. The summed E-state index contributed by atoms with van der Waals surface area (Å²) in [5.41, 5.74) is 4.99. The molecule has 3 N–H and O–H groups in total. The average Bonchev–Trinajstić information content (AvgIpc) is 2.87. The third-order valence-electron chi connectivity index (χ3n) is 5.13. The Labute approximate surface area is 209 Å². The minimum absolute atomic E-state index is 0.190. The largest absolute Gasteiger partial charge is 0.372 e. The van der Waals surface area contributed by atoms with Crippen molar-refractivity contribution < 1.29 is 14.4 Å². The fourth-order valence-corrected chi connectivity index (χ4v) is 3.40. The highest BCUT2D eigenvalue weighted by Crippen LogP contribution is 2.19. The molecule has 3 aromatic rings. The molecule has 0 unspecified atom stereocenters. The van der Waals surface area contributed by atoms with Crippen molar-refractivity contribution in [1.29, 1.82) is 0 Å². The first-order chi connectivity index (χ1) is 16.9. The Morgan fingerprint density at radius 3 is 2.17 bits per heavy atom. The predicted molar refractivity (Wildman–Crippen MR) is 140 cm³/mol. The maximum absolute atomic E-state index is 12.7. The number of benzene rings is 3. The number of nitrogens with zero attached hydrogens (tertiary/aromatic N) is 2. The highest BCUT2D eigenvalue weighted by atomic mass is 35.5. The van der Waals surface area contributed by atoms with E-state index in [1.807, 2.05) is 24.3 Å². The van der Waals surface area contributed by atoms with Crippen LogP contribution < -0.4 is 21.0 Å². The van der Waals surface area contributed by atoms with Crippen LogP contribution in [0.4, 0.5) is 17.1 Å². The van der Waals surface area contributed by atoms with Crippen molar-refractivity contribution in [1.82, 2.24) is 5.43 Å². The number of rotatable bonds is 8. The molecule has 0 aromatic heterocycles. The number of para-hydroxylation sites is 1. The molecule has 0 bridgehead atoms. The van der Waals surface area contributed by atoms with E-state index in [0.29, 0.717) is 10.7 Å². The molecule has 0 aliphatic rings. The summed E-state index contributed by atoms with van der Waals surface area (Å²) >= 11 is 5.87. The van der Waals surface area contributed by atoms with Crippen LogP contribution in [0.1, 0.15) is 29.8 Å². The zero-order chi connectivity index (χ0) is 25.2. The molecule has 3 rings (SSSR count). The molecule has 8 nitrogen and oxygen atoms in total. The van der Waals surface area contributed by atoms with Gasteiger partial charge in [-0.15, -0.1) is 0 Å². The van der Waals surface area contributed by atoms with Crippen molar-refractivity contribution in [3.63, 3.8) is 0 Å². The van der Waals surface area contributed by atoms with E-state index in [-0.39, 0.29) is 11.3 Å². The minimum Gasteiger partial charge on any atom is -0.372 e. The Hall–Kier alpha value is -4.17. The van der Waals surface area contributed by atoms with Crippen LogP contribution in [-0.4, -0.2) is 37.0 Å². The van der Waals surface area contributed by atoms with Gasteiger partial charge in [0.1, 0.15) is 0 Å². The van der Waals surface area contributed by atoms with Gasteiger partial charge in [-0.25, -0.2) is 5.43 Å². The smallest absolute Gasteiger partial charge is 0.329 e. The third kappa shape index (κ3) is 7.15. The standard InChI is InChI=1S/C26H26ClN5O3/c1-3-32(4-2)21-15-9-18(10-16-21)17-28-31-26(35)25(34)30-23-8-6-5-7-22(23)24(33)29-20-13-11-19(27)12-14-20/h5-17H,3-4H2,1-2H3,(H,29,33)(H,30,34)(H,31,35)/b28-17+. The second-order valence-electron chi connectivity index (χ2n) is 7.42. The summed E-state index contributed by atoms with van der Waals surface area (Å²) < 4.78 is 0. The first-order valence-electron chi connectivity index (χ1n) is 11.1. The van der Waals surface area contributed by atoms with Crippen molar-refractivity contribution in [3.8, 4) is 0 Å². The van der Waals surface area contributed by atoms with E-state index < -0.39 is 17.7 Å². The molecule has 0 radical (unpaired) electrons. The summed E-state index contributed by atoms with van der Waals surface area (Å²) in [6, 6.07) is 20.7. The number of carbonyl (C=O) groups excluding carboxylic acids is 3. The Morgan fingerprint density at radius 2 is 1.51 bits per heavy atom. The quantitative estimate of drug-likeness (QED) is 0.245. The zero-order valence-electron chi connectivity index (χ0n) is 19.4. The van der Waals surface area contributed by atoms with Crippen LogP contribution in [0.5, 0.6) is 0 Å². The molecule has 0 heterocycles. The fraction of sp³-hybridized carbons (Fsp3) is 0.154. The van der Waals surface area contributed by atoms with Gasteiger partial charge in [-0.3, -0.25) is 14.4 Å². The van der Waals surface area contributed by atoms with Gasteiger partial charge in [0.05, 0.1) is 17.5 Å². The minimum atomic E-state index is -0.964. The molecular formula is C26H26ClN5O3. The number of halogens is 1. The van der Waals surface area contributed by atoms with E-state index in [9.17, 15) is 14.4 Å². The van der Waals surface area contributed by atoms with Crippen molar-refractivity contribution in [2.45, 2.75) is 13.8 Å². The van der Waals surface area contributed by atoms with Crippen LogP contribution in [0.25, 0.3) is 0 Å². The van der Waals surface area contributed by atoms with Gasteiger partial charge in [0.15, 0.2) is 0 Å². The first kappa shape index (κ1) is 25.5. The lowest BCUT2D eigenvalue weighted by Crippen LogP contribution is -2.33. The number of carbonyl (C=O) groups is 3. The Balaban J connectivity index is 1.59. The van der Waals surface area contributed by atoms with Gasteiger partial charge in [0.25, 0.3) is 5.91 Å². The molecule has 35 heavy (non-hydrogen) atoms. The Kier molecular flexibility index (Phi) is 8.97. The van der Waals surface area contributed by atoms with E-state index in [1.165, 1.54) is 12.3 Å². The number of nitrogens with one attached hydrogen (secondary N) is 3. The van der Waals surface area contributed by atoms with Gasteiger partial charge < -0.3 is 15.5 Å². The van der Waals surface area contributed by atoms with E-state index in [0.717, 1.165) is 24.3 Å². The van der Waals surface area contributed by atoms with Crippen LogP contribution >= 0.6 is 11.6 Å². The summed E-state index contributed by atoms with van der Waals surface area (Å²) in [5.74, 6) is -2.37. The molecule has 0 saturated carbocycles. The van der Waals surface area contributed by atoms with Crippen LogP contribution in [0.2, 0.25) is 5.02 Å². The molecule has 3 aromatic carbocycles. The molecule has 9 heteroatoms. The summed E-state index contributed by atoms with van der Waals surface area (Å²) in [6.07, 6.45) is 1.45. The lowest BCUT2D eigenvalue weighted by molar-refractivity contribution is -0.136. The van der Waals surface area contributed by atoms with Gasteiger partial charge in [-0.05, 0) is 67.9 Å². The normalized spacial score (nSPS) is 10.6. The highest BCUT2D eigenvalue weighted by molar-refractivity contribution is 6.40. The highest BCUT2D eigenvalue weighted by Gasteiger charge is 2.17. The van der Waals surface area contributed by atoms with Crippen LogP contribution in [-0.2, 0) is 9.59 Å². The van der Waals surface area contributed by atoms with Gasteiger partial charge >= 0.3 is 11.8 Å². The van der Waals surface area contributed by atoms with E-state index in [2.05, 4.69) is 39.9 Å². The monoisotopic (exact) mass is 491 g/mol. The van der Waals surface area contributed by atoms with Crippen molar-refractivity contribution in [3.05, 3.63) is 88.9 Å². The molecule has 0 spiro atoms. The second kappa shape index (κ2) is 12.3. The van der Waals surface area contributed by atoms with Gasteiger partial charge in [-0.2, -0.15) is 5.10 Å². The third-order valence-corrected chi connectivity index (χ3v) is 5.38. The zero-order valence-corrected chi connectivity index (χ0v) is 20.2. The molecule has 0 aliphatic carbocycles. The molecule has 0 atom stereocenters. The van der Waals surface area contributed by atoms with Crippen LogP contribution in [0, 0.1) is 0 Å². The number of hydrogen-bond donors (Lipinski definition) is 3. The van der Waals surface area contributed by atoms with Crippen molar-refractivity contribution in [2.24, 2.45) is 5.10 Å². The average molecular weight is 492 g/mol. The molecule has 0 fully saturated rings. The lowest BCUT2D eigenvalue weighted by atomic mass is 10.1. The number of hydrogen-bond acceptors (Lipinski definition) is 5. The van der Waals surface area contributed by atoms with E-state index in [1.54, 1.807) is 42.5 Å². The van der Waals surface area contributed by atoms with E-state index in [4.69, 9.17) is 11.6 Å². The van der Waals surface area contributed by atoms with Gasteiger partial charge in [0.2, 0.25) is 0 Å². The number of hydrazone groups is 1. The van der Waals surface area contributed by atoms with Crippen LogP contribution in [0.15, 0.2) is 77.9 Å². The maximum atomic E-state index is 12.7. The molecule has 3 amide bonds. The van der Waals surface area contributed by atoms with Crippen molar-refractivity contribution >= 4 is 52.6 Å². The molecule has 0 saturated heterocycles. The van der Waals surface area contributed by atoms with Gasteiger partial charge in [-0.1, -0.05) is 35.9 Å². The van der Waals surface area contributed by atoms with Crippen LogP contribution in [0.3, 0.4) is 0 Å². The summed E-state index contributed by atoms with van der Waals surface area (Å²) in [5, 5.41) is 9.57.